The average molecular weight is 244 g/mol. The van der Waals surface area contributed by atoms with Crippen molar-refractivity contribution in [1.29, 1.82) is 0 Å². The maximum absolute atomic E-state index is 11.6. The Bertz CT molecular complexity index is 525. The summed E-state index contributed by atoms with van der Waals surface area (Å²) in [4.78, 5) is 13.7. The highest BCUT2D eigenvalue weighted by Crippen LogP contribution is 2.31. The van der Waals surface area contributed by atoms with E-state index in [-0.39, 0.29) is 5.78 Å². The van der Waals surface area contributed by atoms with E-state index in [1.807, 2.05) is 13.0 Å². The molecule has 2 heteroatoms. The van der Waals surface area contributed by atoms with Gasteiger partial charge in [0.15, 0.2) is 5.78 Å². The molecule has 1 nitrogen and oxygen atoms in total. The first kappa shape index (κ1) is 12.1. The lowest BCUT2D eigenvalue weighted by Crippen LogP contribution is -1.90. The number of carbonyl (C=O) groups is 1. The summed E-state index contributed by atoms with van der Waals surface area (Å²) >= 11 is 1.60. The van der Waals surface area contributed by atoms with Crippen molar-refractivity contribution in [3.8, 4) is 10.4 Å². The van der Waals surface area contributed by atoms with Crippen LogP contribution in [0.5, 0.6) is 0 Å². The van der Waals surface area contributed by atoms with Crippen molar-refractivity contribution in [1.82, 2.24) is 0 Å². The van der Waals surface area contributed by atoms with Crippen LogP contribution in [0.3, 0.4) is 0 Å². The summed E-state index contributed by atoms with van der Waals surface area (Å²) in [7, 11) is 0. The van der Waals surface area contributed by atoms with E-state index in [1.54, 1.807) is 11.3 Å². The fourth-order valence-corrected chi connectivity index (χ4v) is 2.95. The van der Waals surface area contributed by atoms with Crippen molar-refractivity contribution in [3.63, 3.8) is 0 Å². The zero-order chi connectivity index (χ0) is 12.3. The smallest absolute Gasteiger partial charge is 0.172 e. The first-order valence-corrected chi connectivity index (χ1v) is 6.79. The molecule has 0 bridgehead atoms. The molecule has 0 amide bonds. The van der Waals surface area contributed by atoms with Crippen LogP contribution >= 0.6 is 11.3 Å². The molecule has 1 aromatic heterocycles. The molecule has 0 fully saturated rings. The highest BCUT2D eigenvalue weighted by Gasteiger charge is 2.10. The number of hydrogen-bond acceptors (Lipinski definition) is 2. The van der Waals surface area contributed by atoms with Gasteiger partial charge in [-0.2, -0.15) is 0 Å². The van der Waals surface area contributed by atoms with Crippen molar-refractivity contribution in [3.05, 3.63) is 46.8 Å². The van der Waals surface area contributed by atoms with Crippen LogP contribution in [0.25, 0.3) is 10.4 Å². The van der Waals surface area contributed by atoms with E-state index in [2.05, 4.69) is 37.3 Å². The molecule has 0 atom stereocenters. The summed E-state index contributed by atoms with van der Waals surface area (Å²) in [6.45, 7) is 4.06. The quantitative estimate of drug-likeness (QED) is 0.720. The number of rotatable bonds is 4. The molecule has 0 spiro atoms. The second-order valence-corrected chi connectivity index (χ2v) is 5.04. The van der Waals surface area contributed by atoms with Crippen molar-refractivity contribution < 1.29 is 4.79 Å². The third-order valence-corrected chi connectivity index (χ3v) is 4.03. The van der Waals surface area contributed by atoms with E-state index in [0.717, 1.165) is 11.3 Å². The van der Waals surface area contributed by atoms with Crippen LogP contribution in [0.4, 0.5) is 0 Å². The van der Waals surface area contributed by atoms with E-state index in [4.69, 9.17) is 0 Å². The molecule has 0 N–H and O–H groups in total. The Hall–Kier alpha value is -1.41. The number of Topliss-reactive ketones (excluding diaryl/α,β-unsaturated/α-hetero) is 1. The molecule has 0 aliphatic heterocycles. The maximum atomic E-state index is 11.6. The monoisotopic (exact) mass is 244 g/mol. The second kappa shape index (κ2) is 5.28. The predicted molar refractivity (Wildman–Crippen MR) is 73.8 cm³/mol. The lowest BCUT2D eigenvalue weighted by Gasteiger charge is -2.04. The Balaban J connectivity index is 2.40. The molecule has 0 aliphatic carbocycles. The Kier molecular flexibility index (Phi) is 3.75. The lowest BCUT2D eigenvalue weighted by atomic mass is 10.0. The summed E-state index contributed by atoms with van der Waals surface area (Å²) in [5, 5.41) is 0. The van der Waals surface area contributed by atoms with Crippen LogP contribution in [0.15, 0.2) is 36.4 Å². The Morgan fingerprint density at radius 3 is 2.59 bits per heavy atom. The fourth-order valence-electron chi connectivity index (χ4n) is 1.88. The first-order chi connectivity index (χ1) is 8.26. The lowest BCUT2D eigenvalue weighted by molar-refractivity contribution is 0.0992. The summed E-state index contributed by atoms with van der Waals surface area (Å²) < 4.78 is 0. The van der Waals surface area contributed by atoms with Crippen molar-refractivity contribution in [2.45, 2.75) is 26.7 Å². The standard InChI is InChI=1S/C15H16OS/c1-3-11-7-5-6-8-12(11)14-9-10-15(17-14)13(16)4-2/h5-10H,3-4H2,1-2H3. The van der Waals surface area contributed by atoms with Gasteiger partial charge in [0.25, 0.3) is 0 Å². The van der Waals surface area contributed by atoms with Crippen molar-refractivity contribution >= 4 is 17.1 Å². The van der Waals surface area contributed by atoms with Gasteiger partial charge >= 0.3 is 0 Å². The Morgan fingerprint density at radius 1 is 1.12 bits per heavy atom. The average Bonchev–Trinajstić information content (AvgIpc) is 2.87. The van der Waals surface area contributed by atoms with Gasteiger partial charge in [-0.25, -0.2) is 0 Å². The van der Waals surface area contributed by atoms with Gasteiger partial charge < -0.3 is 0 Å². The van der Waals surface area contributed by atoms with E-state index in [9.17, 15) is 4.79 Å². The zero-order valence-corrected chi connectivity index (χ0v) is 11.0. The van der Waals surface area contributed by atoms with Crippen LogP contribution < -0.4 is 0 Å². The molecule has 1 aromatic carbocycles. The van der Waals surface area contributed by atoms with Crippen LogP contribution in [0.2, 0.25) is 0 Å². The predicted octanol–water partition coefficient (Wildman–Crippen LogP) is 4.57. The molecule has 0 unspecified atom stereocenters. The van der Waals surface area contributed by atoms with E-state index < -0.39 is 0 Å². The highest BCUT2D eigenvalue weighted by atomic mass is 32.1. The highest BCUT2D eigenvalue weighted by molar-refractivity contribution is 7.17. The molecule has 2 rings (SSSR count). The molecule has 2 aromatic rings. The van der Waals surface area contributed by atoms with Gasteiger partial charge in [-0.1, -0.05) is 38.1 Å². The maximum Gasteiger partial charge on any atom is 0.172 e. The third kappa shape index (κ3) is 2.47. The zero-order valence-electron chi connectivity index (χ0n) is 10.2. The molecular weight excluding hydrogens is 228 g/mol. The minimum Gasteiger partial charge on any atom is -0.293 e. The summed E-state index contributed by atoms with van der Waals surface area (Å²) in [5.74, 6) is 0.232. The molecule has 0 saturated heterocycles. The SMILES string of the molecule is CCC(=O)c1ccc(-c2ccccc2CC)s1. The van der Waals surface area contributed by atoms with Gasteiger partial charge in [0.2, 0.25) is 0 Å². The largest absolute Gasteiger partial charge is 0.293 e. The Labute approximate surface area is 106 Å². The number of benzene rings is 1. The number of ketones is 1. The fraction of sp³-hybridized carbons (Fsp3) is 0.267. The van der Waals surface area contributed by atoms with Crippen molar-refractivity contribution in [2.24, 2.45) is 0 Å². The van der Waals surface area contributed by atoms with E-state index in [1.165, 1.54) is 16.0 Å². The second-order valence-electron chi connectivity index (χ2n) is 3.95. The molecular formula is C15H16OS. The molecule has 1 heterocycles. The third-order valence-electron chi connectivity index (χ3n) is 2.87. The normalized spacial score (nSPS) is 10.5. The van der Waals surface area contributed by atoms with E-state index in [0.29, 0.717) is 6.42 Å². The van der Waals surface area contributed by atoms with Gasteiger partial charge in [-0.05, 0) is 29.7 Å². The minimum atomic E-state index is 0.232. The van der Waals surface area contributed by atoms with Gasteiger partial charge in [0.1, 0.15) is 0 Å². The molecule has 0 saturated carbocycles. The van der Waals surface area contributed by atoms with Gasteiger partial charge in [-0.15, -0.1) is 11.3 Å². The van der Waals surface area contributed by atoms with Crippen LogP contribution in [0, 0.1) is 0 Å². The van der Waals surface area contributed by atoms with Gasteiger partial charge in [-0.3, -0.25) is 4.79 Å². The Morgan fingerprint density at radius 2 is 1.88 bits per heavy atom. The molecule has 0 aliphatic rings. The summed E-state index contributed by atoms with van der Waals surface area (Å²) in [6, 6.07) is 12.4. The number of thiophene rings is 1. The van der Waals surface area contributed by atoms with E-state index >= 15 is 0 Å². The topological polar surface area (TPSA) is 17.1 Å². The molecule has 88 valence electrons. The summed E-state index contributed by atoms with van der Waals surface area (Å²) in [5.41, 5.74) is 2.60. The van der Waals surface area contributed by atoms with Crippen LogP contribution in [-0.2, 0) is 6.42 Å². The summed E-state index contributed by atoms with van der Waals surface area (Å²) in [6.07, 6.45) is 1.60. The number of carbonyl (C=O) groups excluding carboxylic acids is 1. The van der Waals surface area contributed by atoms with Gasteiger partial charge in [0.05, 0.1) is 4.88 Å². The minimum absolute atomic E-state index is 0.232. The van der Waals surface area contributed by atoms with Crippen LogP contribution in [-0.4, -0.2) is 5.78 Å². The van der Waals surface area contributed by atoms with Crippen LogP contribution in [0.1, 0.15) is 35.5 Å². The molecule has 17 heavy (non-hydrogen) atoms. The first-order valence-electron chi connectivity index (χ1n) is 5.97. The number of hydrogen-bond donors (Lipinski definition) is 0. The van der Waals surface area contributed by atoms with Gasteiger partial charge in [0, 0.05) is 11.3 Å². The molecule has 0 radical (unpaired) electrons. The van der Waals surface area contributed by atoms with Crippen molar-refractivity contribution in [2.75, 3.05) is 0 Å². The number of aryl methyl sites for hydroxylation is 1.